The maximum absolute atomic E-state index is 12.4. The molecule has 0 saturated heterocycles. The fourth-order valence-electron chi connectivity index (χ4n) is 4.22. The van der Waals surface area contributed by atoms with Gasteiger partial charge in [0.05, 0.1) is 0 Å². The lowest BCUT2D eigenvalue weighted by Gasteiger charge is -2.16. The minimum Gasteiger partial charge on any atom is -0.335 e. The van der Waals surface area contributed by atoms with Gasteiger partial charge >= 0.3 is 6.03 Å². The summed E-state index contributed by atoms with van der Waals surface area (Å²) in [5.74, 6) is 0.567. The second kappa shape index (κ2) is 6.68. The first-order chi connectivity index (χ1) is 11.8. The van der Waals surface area contributed by atoms with E-state index >= 15 is 0 Å². The maximum atomic E-state index is 12.4. The number of aryl methyl sites for hydroxylation is 1. The maximum Gasteiger partial charge on any atom is 0.319 e. The topological polar surface area (TPSA) is 41.1 Å². The molecule has 0 spiro atoms. The summed E-state index contributed by atoms with van der Waals surface area (Å²) < 4.78 is 0. The van der Waals surface area contributed by atoms with Gasteiger partial charge < -0.3 is 10.6 Å². The Labute approximate surface area is 143 Å². The van der Waals surface area contributed by atoms with Crippen molar-refractivity contribution in [3.05, 3.63) is 65.2 Å². The Balaban J connectivity index is 1.35. The Morgan fingerprint density at radius 2 is 1.83 bits per heavy atom. The Morgan fingerprint density at radius 1 is 0.958 bits per heavy atom. The highest BCUT2D eigenvalue weighted by molar-refractivity contribution is 5.90. The number of rotatable bonds is 3. The van der Waals surface area contributed by atoms with Crippen LogP contribution in [0.3, 0.4) is 0 Å². The quantitative estimate of drug-likeness (QED) is 0.850. The number of amides is 2. The van der Waals surface area contributed by atoms with E-state index in [0.29, 0.717) is 5.92 Å². The van der Waals surface area contributed by atoms with Crippen molar-refractivity contribution in [2.24, 2.45) is 0 Å². The molecule has 4 rings (SSSR count). The van der Waals surface area contributed by atoms with Gasteiger partial charge in [0.1, 0.15) is 0 Å². The smallest absolute Gasteiger partial charge is 0.319 e. The second-order valence-corrected chi connectivity index (χ2v) is 7.01. The van der Waals surface area contributed by atoms with Crippen LogP contribution in [0, 0.1) is 0 Å². The first-order valence-corrected chi connectivity index (χ1v) is 9.03. The van der Waals surface area contributed by atoms with Crippen molar-refractivity contribution >= 4 is 11.7 Å². The summed E-state index contributed by atoms with van der Waals surface area (Å²) in [5.41, 5.74) is 5.09. The molecule has 0 bridgehead atoms. The number of hydrogen-bond acceptors (Lipinski definition) is 1. The lowest BCUT2D eigenvalue weighted by molar-refractivity contribution is 0.248. The van der Waals surface area contributed by atoms with Gasteiger partial charge in [-0.25, -0.2) is 4.79 Å². The van der Waals surface area contributed by atoms with Crippen LogP contribution in [0.2, 0.25) is 0 Å². The molecule has 124 valence electrons. The van der Waals surface area contributed by atoms with Crippen LogP contribution in [0.4, 0.5) is 10.5 Å². The van der Waals surface area contributed by atoms with E-state index in [-0.39, 0.29) is 12.1 Å². The molecule has 2 atom stereocenters. The van der Waals surface area contributed by atoms with Crippen LogP contribution in [0.5, 0.6) is 0 Å². The van der Waals surface area contributed by atoms with Gasteiger partial charge in [0.25, 0.3) is 0 Å². The SMILES string of the molecule is O=C(Nc1cccc2c1CCC2)N[C@@H]1CC[C@H](c2ccccc2)C1. The van der Waals surface area contributed by atoms with Crippen molar-refractivity contribution in [2.75, 3.05) is 5.32 Å². The number of carbonyl (C=O) groups excluding carboxylic acids is 1. The van der Waals surface area contributed by atoms with E-state index in [2.05, 4.69) is 47.0 Å². The normalized spacial score (nSPS) is 22.2. The van der Waals surface area contributed by atoms with Crippen molar-refractivity contribution in [1.29, 1.82) is 0 Å². The largest absolute Gasteiger partial charge is 0.335 e. The van der Waals surface area contributed by atoms with Gasteiger partial charge in [-0.05, 0) is 67.2 Å². The first-order valence-electron chi connectivity index (χ1n) is 9.03. The van der Waals surface area contributed by atoms with E-state index in [1.807, 2.05) is 12.1 Å². The summed E-state index contributed by atoms with van der Waals surface area (Å²) in [7, 11) is 0. The van der Waals surface area contributed by atoms with Gasteiger partial charge in [-0.1, -0.05) is 42.5 Å². The molecule has 0 aromatic heterocycles. The van der Waals surface area contributed by atoms with Gasteiger partial charge in [0.15, 0.2) is 0 Å². The molecule has 2 amide bonds. The molecule has 3 heteroatoms. The van der Waals surface area contributed by atoms with Crippen LogP contribution in [0.1, 0.15) is 48.3 Å². The van der Waals surface area contributed by atoms with Crippen molar-refractivity contribution < 1.29 is 4.79 Å². The standard InChI is InChI=1S/C21H24N2O/c24-21(23-20-11-5-9-16-8-4-10-19(16)20)22-18-13-12-17(14-18)15-6-2-1-3-7-15/h1-3,5-7,9,11,17-18H,4,8,10,12-14H2,(H2,22,23,24)/t17-,18+/m0/s1. The molecule has 0 heterocycles. The van der Waals surface area contributed by atoms with Crippen LogP contribution in [0.25, 0.3) is 0 Å². The van der Waals surface area contributed by atoms with Gasteiger partial charge in [0, 0.05) is 11.7 Å². The lowest BCUT2D eigenvalue weighted by Crippen LogP contribution is -2.36. The molecule has 2 N–H and O–H groups in total. The van der Waals surface area contributed by atoms with E-state index in [9.17, 15) is 4.79 Å². The average molecular weight is 320 g/mol. The Hall–Kier alpha value is -2.29. The van der Waals surface area contributed by atoms with Crippen LogP contribution in [0.15, 0.2) is 48.5 Å². The molecule has 1 fully saturated rings. The highest BCUT2D eigenvalue weighted by Gasteiger charge is 2.27. The fourth-order valence-corrected chi connectivity index (χ4v) is 4.22. The van der Waals surface area contributed by atoms with Crippen LogP contribution in [-0.4, -0.2) is 12.1 Å². The molecule has 0 radical (unpaired) electrons. The van der Waals surface area contributed by atoms with E-state index in [1.54, 1.807) is 0 Å². The number of fused-ring (bicyclic) bond motifs is 1. The third-order valence-electron chi connectivity index (χ3n) is 5.43. The van der Waals surface area contributed by atoms with Crippen molar-refractivity contribution in [1.82, 2.24) is 5.32 Å². The van der Waals surface area contributed by atoms with Crippen LogP contribution >= 0.6 is 0 Å². The number of hydrogen-bond donors (Lipinski definition) is 2. The molecular weight excluding hydrogens is 296 g/mol. The van der Waals surface area contributed by atoms with E-state index in [0.717, 1.165) is 37.8 Å². The van der Waals surface area contributed by atoms with E-state index in [4.69, 9.17) is 0 Å². The van der Waals surface area contributed by atoms with Gasteiger partial charge in [-0.3, -0.25) is 0 Å². The highest BCUT2D eigenvalue weighted by Crippen LogP contribution is 2.34. The molecule has 1 saturated carbocycles. The average Bonchev–Trinajstić information content (AvgIpc) is 3.25. The zero-order valence-electron chi connectivity index (χ0n) is 13.9. The van der Waals surface area contributed by atoms with Crippen LogP contribution < -0.4 is 10.6 Å². The Morgan fingerprint density at radius 3 is 2.71 bits per heavy atom. The predicted octanol–water partition coefficient (Wildman–Crippen LogP) is 4.63. The minimum absolute atomic E-state index is 0.0611. The molecule has 3 nitrogen and oxygen atoms in total. The number of benzene rings is 2. The lowest BCUT2D eigenvalue weighted by atomic mass is 9.98. The van der Waals surface area contributed by atoms with Gasteiger partial charge in [-0.15, -0.1) is 0 Å². The summed E-state index contributed by atoms with van der Waals surface area (Å²) in [5, 5.41) is 6.24. The molecule has 0 aliphatic heterocycles. The van der Waals surface area contributed by atoms with Crippen molar-refractivity contribution in [2.45, 2.75) is 50.5 Å². The molecule has 0 unspecified atom stereocenters. The van der Waals surface area contributed by atoms with E-state index in [1.165, 1.54) is 23.1 Å². The summed E-state index contributed by atoms with van der Waals surface area (Å²) in [6, 6.07) is 17.1. The number of carbonyl (C=O) groups is 1. The number of urea groups is 1. The molecule has 2 aromatic carbocycles. The Kier molecular flexibility index (Phi) is 4.24. The van der Waals surface area contributed by atoms with Gasteiger partial charge in [-0.2, -0.15) is 0 Å². The molecule has 2 aromatic rings. The molecule has 24 heavy (non-hydrogen) atoms. The highest BCUT2D eigenvalue weighted by atomic mass is 16.2. The zero-order valence-corrected chi connectivity index (χ0v) is 13.9. The van der Waals surface area contributed by atoms with Crippen LogP contribution in [-0.2, 0) is 12.8 Å². The predicted molar refractivity (Wildman–Crippen MR) is 97.4 cm³/mol. The Bertz CT molecular complexity index is 726. The minimum atomic E-state index is -0.0611. The van der Waals surface area contributed by atoms with Crippen molar-refractivity contribution in [3.63, 3.8) is 0 Å². The first kappa shape index (κ1) is 15.3. The number of nitrogens with one attached hydrogen (secondary N) is 2. The molecule has 2 aliphatic carbocycles. The van der Waals surface area contributed by atoms with Gasteiger partial charge in [0.2, 0.25) is 0 Å². The summed E-state index contributed by atoms with van der Waals surface area (Å²) in [4.78, 5) is 12.4. The third-order valence-corrected chi connectivity index (χ3v) is 5.43. The third kappa shape index (κ3) is 3.16. The summed E-state index contributed by atoms with van der Waals surface area (Å²) >= 11 is 0. The summed E-state index contributed by atoms with van der Waals surface area (Å²) in [6.07, 6.45) is 6.63. The summed E-state index contributed by atoms with van der Waals surface area (Å²) in [6.45, 7) is 0. The monoisotopic (exact) mass is 320 g/mol. The van der Waals surface area contributed by atoms with Crippen molar-refractivity contribution in [3.8, 4) is 0 Å². The fraction of sp³-hybridized carbons (Fsp3) is 0.381. The molecule has 2 aliphatic rings. The molecular formula is C21H24N2O. The van der Waals surface area contributed by atoms with E-state index < -0.39 is 0 Å². The second-order valence-electron chi connectivity index (χ2n) is 7.01. The number of anilines is 1. The zero-order chi connectivity index (χ0) is 16.4.